The fourth-order valence-corrected chi connectivity index (χ4v) is 8.64. The maximum Gasteiger partial charge on any atom is 0.163 e. The molecule has 10 atom stereocenters. The van der Waals surface area contributed by atoms with E-state index < -0.39 is 5.79 Å². The first-order valence-electron chi connectivity index (χ1n) is 11.6. The Morgan fingerprint density at radius 3 is 2.33 bits per heavy atom. The Labute approximate surface area is 166 Å². The molecule has 4 unspecified atom stereocenters. The molecular formula is C25H40O2. The summed E-state index contributed by atoms with van der Waals surface area (Å²) in [5.74, 6) is 4.03. The molecule has 0 radical (unpaired) electrons. The van der Waals surface area contributed by atoms with E-state index in [-0.39, 0.29) is 6.10 Å². The van der Waals surface area contributed by atoms with Crippen molar-refractivity contribution in [3.8, 4) is 0 Å². The molecule has 0 aromatic carbocycles. The molecule has 1 aliphatic heterocycles. The molecule has 0 spiro atoms. The van der Waals surface area contributed by atoms with Gasteiger partial charge in [0.05, 0.1) is 12.2 Å². The van der Waals surface area contributed by atoms with Crippen LogP contribution in [0, 0.1) is 46.3 Å². The molecule has 5 rings (SSSR count). The van der Waals surface area contributed by atoms with Crippen LogP contribution in [0.3, 0.4) is 0 Å². The molecule has 5 aliphatic rings. The Morgan fingerprint density at radius 2 is 1.59 bits per heavy atom. The van der Waals surface area contributed by atoms with Crippen LogP contribution in [0.15, 0.2) is 12.2 Å². The van der Waals surface area contributed by atoms with E-state index in [0.717, 1.165) is 23.7 Å². The summed E-state index contributed by atoms with van der Waals surface area (Å²) in [7, 11) is 0. The Kier molecular flexibility index (Phi) is 3.89. The summed E-state index contributed by atoms with van der Waals surface area (Å²) in [5, 5.41) is 0. The Bertz CT molecular complexity index is 653. The maximum absolute atomic E-state index is 6.71. The minimum absolute atomic E-state index is 0.289. The fraction of sp³-hybridized carbons (Fsp3) is 0.920. The van der Waals surface area contributed by atoms with E-state index in [2.05, 4.69) is 48.1 Å². The summed E-state index contributed by atoms with van der Waals surface area (Å²) < 4.78 is 13.4. The highest BCUT2D eigenvalue weighted by molar-refractivity contribution is 5.24. The van der Waals surface area contributed by atoms with Crippen molar-refractivity contribution in [2.75, 3.05) is 0 Å². The number of rotatable bonds is 0. The van der Waals surface area contributed by atoms with Crippen molar-refractivity contribution in [2.45, 2.75) is 98.1 Å². The molecule has 27 heavy (non-hydrogen) atoms. The van der Waals surface area contributed by atoms with E-state index in [9.17, 15) is 0 Å². The lowest BCUT2D eigenvalue weighted by atomic mass is 9.42. The van der Waals surface area contributed by atoms with Gasteiger partial charge >= 0.3 is 0 Å². The highest BCUT2D eigenvalue weighted by Crippen LogP contribution is 2.69. The van der Waals surface area contributed by atoms with Gasteiger partial charge in [0.15, 0.2) is 5.79 Å². The van der Waals surface area contributed by atoms with Gasteiger partial charge in [-0.3, -0.25) is 0 Å². The molecule has 2 heteroatoms. The second kappa shape index (κ2) is 5.63. The van der Waals surface area contributed by atoms with Gasteiger partial charge in [-0.15, -0.1) is 0 Å². The summed E-state index contributed by atoms with van der Waals surface area (Å²) >= 11 is 0. The summed E-state index contributed by atoms with van der Waals surface area (Å²) in [4.78, 5) is 0. The molecule has 4 aliphatic carbocycles. The predicted octanol–water partition coefficient (Wildman–Crippen LogP) is 6.21. The molecule has 0 aromatic heterocycles. The summed E-state index contributed by atoms with van der Waals surface area (Å²) in [6.45, 7) is 18.9. The van der Waals surface area contributed by atoms with Crippen LogP contribution in [0.25, 0.3) is 0 Å². The minimum Gasteiger partial charge on any atom is -0.344 e. The van der Waals surface area contributed by atoms with Crippen molar-refractivity contribution in [3.63, 3.8) is 0 Å². The highest BCUT2D eigenvalue weighted by atomic mass is 16.8. The second-order valence-corrected chi connectivity index (χ2v) is 12.0. The number of hydrogen-bond acceptors (Lipinski definition) is 2. The van der Waals surface area contributed by atoms with E-state index in [4.69, 9.17) is 9.47 Å². The second-order valence-electron chi connectivity index (χ2n) is 12.0. The van der Waals surface area contributed by atoms with Gasteiger partial charge in [0.2, 0.25) is 0 Å². The van der Waals surface area contributed by atoms with Gasteiger partial charge < -0.3 is 9.47 Å². The molecule has 4 saturated carbocycles. The number of ether oxygens (including phenoxy) is 2. The lowest BCUT2D eigenvalue weighted by Gasteiger charge is -2.64. The van der Waals surface area contributed by atoms with Crippen molar-refractivity contribution in [1.29, 1.82) is 0 Å². The molecule has 152 valence electrons. The molecule has 0 aromatic rings. The van der Waals surface area contributed by atoms with Gasteiger partial charge in [0.25, 0.3) is 0 Å². The average Bonchev–Trinajstić information content (AvgIpc) is 3.06. The topological polar surface area (TPSA) is 18.5 Å². The van der Waals surface area contributed by atoms with Crippen molar-refractivity contribution in [1.82, 2.24) is 0 Å². The summed E-state index contributed by atoms with van der Waals surface area (Å²) in [6, 6.07) is 0. The van der Waals surface area contributed by atoms with Crippen LogP contribution in [0.2, 0.25) is 0 Å². The number of fused-ring (bicyclic) bond motifs is 8. The summed E-state index contributed by atoms with van der Waals surface area (Å²) in [5.41, 5.74) is 2.25. The normalized spacial score (nSPS) is 59.0. The van der Waals surface area contributed by atoms with Crippen molar-refractivity contribution in [3.05, 3.63) is 12.2 Å². The molecule has 0 amide bonds. The van der Waals surface area contributed by atoms with Gasteiger partial charge in [-0.05, 0) is 98.7 Å². The van der Waals surface area contributed by atoms with Crippen LogP contribution in [0.1, 0.15) is 80.1 Å². The lowest BCUT2D eigenvalue weighted by molar-refractivity contribution is -0.184. The number of allylic oxidation sites excluding steroid dienone is 1. The van der Waals surface area contributed by atoms with E-state index in [1.54, 1.807) is 0 Å². The van der Waals surface area contributed by atoms with Crippen molar-refractivity contribution >= 4 is 0 Å². The molecule has 0 bridgehead atoms. The van der Waals surface area contributed by atoms with Crippen LogP contribution >= 0.6 is 0 Å². The minimum atomic E-state index is -0.430. The van der Waals surface area contributed by atoms with Gasteiger partial charge in [-0.1, -0.05) is 39.8 Å². The van der Waals surface area contributed by atoms with Crippen LogP contribution in [0.4, 0.5) is 0 Å². The molecule has 2 nitrogen and oxygen atoms in total. The van der Waals surface area contributed by atoms with E-state index in [1.165, 1.54) is 44.1 Å². The zero-order chi connectivity index (χ0) is 19.4. The molecule has 0 N–H and O–H groups in total. The smallest absolute Gasteiger partial charge is 0.163 e. The molecular weight excluding hydrogens is 332 g/mol. The van der Waals surface area contributed by atoms with Gasteiger partial charge in [-0.25, -0.2) is 0 Å². The Hall–Kier alpha value is -0.340. The fourth-order valence-electron chi connectivity index (χ4n) is 8.64. The Morgan fingerprint density at radius 1 is 0.889 bits per heavy atom. The SMILES string of the molecule is C=C1CCC2C3C(CC[C@]12C)[C@@]1(C)C[C@@H](C)[C@@H](C)CC1[C@H]1OC(C)(C)O[C@H]31. The Balaban J connectivity index is 1.60. The third-order valence-electron chi connectivity index (χ3n) is 10.3. The summed E-state index contributed by atoms with van der Waals surface area (Å²) in [6.07, 6.45) is 8.50. The first-order valence-corrected chi connectivity index (χ1v) is 11.6. The van der Waals surface area contributed by atoms with E-state index in [1.807, 2.05) is 0 Å². The quantitative estimate of drug-likeness (QED) is 0.471. The highest BCUT2D eigenvalue weighted by Gasteiger charge is 2.68. The first-order chi connectivity index (χ1) is 12.6. The third-order valence-corrected chi connectivity index (χ3v) is 10.3. The monoisotopic (exact) mass is 372 g/mol. The van der Waals surface area contributed by atoms with Gasteiger partial charge in [0, 0.05) is 0 Å². The average molecular weight is 373 g/mol. The number of hydrogen-bond donors (Lipinski definition) is 0. The van der Waals surface area contributed by atoms with E-state index in [0.29, 0.717) is 28.8 Å². The first kappa shape index (κ1) is 18.7. The van der Waals surface area contributed by atoms with Crippen LogP contribution in [0.5, 0.6) is 0 Å². The van der Waals surface area contributed by atoms with Crippen LogP contribution in [-0.4, -0.2) is 18.0 Å². The molecule has 1 heterocycles. The van der Waals surface area contributed by atoms with E-state index >= 15 is 0 Å². The standard InChI is InChI=1S/C25H40O2/c1-14-12-19-21-22(27-23(4,5)26-21)20-17-9-8-16(3)24(17,6)11-10-18(20)25(19,7)13-15(14)2/h14-15,17-22H,3,8-13H2,1-2,4-7H3/t14-,15+,17?,18?,19?,20?,21+,22+,24+,25+/m0/s1. The predicted molar refractivity (Wildman–Crippen MR) is 109 cm³/mol. The van der Waals surface area contributed by atoms with Gasteiger partial charge in [-0.2, -0.15) is 0 Å². The lowest BCUT2D eigenvalue weighted by Crippen LogP contribution is -2.63. The maximum atomic E-state index is 6.71. The molecule has 1 saturated heterocycles. The van der Waals surface area contributed by atoms with Gasteiger partial charge in [0.1, 0.15) is 0 Å². The zero-order valence-electron chi connectivity index (χ0n) is 18.4. The van der Waals surface area contributed by atoms with Crippen LogP contribution < -0.4 is 0 Å². The zero-order valence-corrected chi connectivity index (χ0v) is 18.4. The van der Waals surface area contributed by atoms with Crippen molar-refractivity contribution in [2.24, 2.45) is 46.3 Å². The van der Waals surface area contributed by atoms with Crippen LogP contribution in [-0.2, 0) is 9.47 Å². The largest absolute Gasteiger partial charge is 0.344 e. The molecule has 5 fully saturated rings. The third kappa shape index (κ3) is 2.38. The van der Waals surface area contributed by atoms with Crippen molar-refractivity contribution < 1.29 is 9.47 Å².